The van der Waals surface area contributed by atoms with Crippen LogP contribution in [0.15, 0.2) is 18.2 Å². The molecule has 2 nitrogen and oxygen atoms in total. The maximum absolute atomic E-state index is 6.57. The first-order valence-corrected chi connectivity index (χ1v) is 8.87. The monoisotopic (exact) mass is 311 g/mol. The van der Waals surface area contributed by atoms with Crippen LogP contribution in [0.1, 0.15) is 36.4 Å². The highest BCUT2D eigenvalue weighted by molar-refractivity contribution is 7.99. The summed E-state index contributed by atoms with van der Waals surface area (Å²) in [5.41, 5.74) is 8.99. The lowest BCUT2D eigenvalue weighted by Crippen LogP contribution is -2.42. The van der Waals surface area contributed by atoms with E-state index in [-0.39, 0.29) is 11.6 Å². The molecule has 20 heavy (non-hydrogen) atoms. The van der Waals surface area contributed by atoms with E-state index in [1.807, 2.05) is 23.9 Å². The Balaban J connectivity index is 1.79. The van der Waals surface area contributed by atoms with Gasteiger partial charge in [-0.15, -0.1) is 0 Å². The molecule has 0 saturated carbocycles. The fourth-order valence-corrected chi connectivity index (χ4v) is 5.03. The lowest BCUT2D eigenvalue weighted by Gasteiger charge is -2.40. The smallest absolute Gasteiger partial charge is 0.0783 e. The molecule has 0 aliphatic carbocycles. The second-order valence-electron chi connectivity index (χ2n) is 6.07. The van der Waals surface area contributed by atoms with Crippen LogP contribution in [-0.4, -0.2) is 23.7 Å². The van der Waals surface area contributed by atoms with Crippen molar-refractivity contribution < 1.29 is 4.74 Å². The summed E-state index contributed by atoms with van der Waals surface area (Å²) in [6.45, 7) is 2.91. The van der Waals surface area contributed by atoms with Crippen molar-refractivity contribution in [1.29, 1.82) is 0 Å². The Kier molecular flexibility index (Phi) is 4.32. The van der Waals surface area contributed by atoms with Crippen molar-refractivity contribution >= 4 is 23.4 Å². The third-order valence-electron chi connectivity index (χ3n) is 4.77. The van der Waals surface area contributed by atoms with Crippen LogP contribution in [0, 0.1) is 12.8 Å². The van der Waals surface area contributed by atoms with Gasteiger partial charge in [0.25, 0.3) is 0 Å². The second kappa shape index (κ2) is 5.88. The van der Waals surface area contributed by atoms with Crippen LogP contribution in [0.3, 0.4) is 0 Å². The Morgan fingerprint density at radius 1 is 1.50 bits per heavy atom. The molecule has 1 spiro atoms. The van der Waals surface area contributed by atoms with Gasteiger partial charge in [0.15, 0.2) is 0 Å². The van der Waals surface area contributed by atoms with Gasteiger partial charge in [-0.3, -0.25) is 0 Å². The Morgan fingerprint density at radius 3 is 3.10 bits per heavy atom. The zero-order valence-corrected chi connectivity index (χ0v) is 13.5. The first-order valence-electron chi connectivity index (χ1n) is 7.34. The number of halogens is 1. The summed E-state index contributed by atoms with van der Waals surface area (Å²) in [6, 6.07) is 6.13. The Hall–Kier alpha value is -0.220. The van der Waals surface area contributed by atoms with E-state index in [1.54, 1.807) is 0 Å². The van der Waals surface area contributed by atoms with Gasteiger partial charge < -0.3 is 10.5 Å². The minimum Gasteiger partial charge on any atom is -0.374 e. The molecule has 0 radical (unpaired) electrons. The van der Waals surface area contributed by atoms with Crippen LogP contribution >= 0.6 is 23.4 Å². The third kappa shape index (κ3) is 2.74. The third-order valence-corrected chi connectivity index (χ3v) is 6.41. The van der Waals surface area contributed by atoms with E-state index < -0.39 is 0 Å². The maximum atomic E-state index is 6.57. The van der Waals surface area contributed by atoms with Crippen molar-refractivity contribution in [3.63, 3.8) is 0 Å². The molecule has 3 rings (SSSR count). The van der Waals surface area contributed by atoms with E-state index >= 15 is 0 Å². The first-order chi connectivity index (χ1) is 9.61. The highest BCUT2D eigenvalue weighted by Gasteiger charge is 2.42. The van der Waals surface area contributed by atoms with Gasteiger partial charge in [0.1, 0.15) is 0 Å². The molecule has 2 heterocycles. The molecule has 2 aliphatic heterocycles. The van der Waals surface area contributed by atoms with Crippen molar-refractivity contribution in [1.82, 2.24) is 0 Å². The molecule has 2 aliphatic rings. The van der Waals surface area contributed by atoms with E-state index in [4.69, 9.17) is 22.1 Å². The summed E-state index contributed by atoms with van der Waals surface area (Å²) < 4.78 is 6.09. The Morgan fingerprint density at radius 2 is 2.35 bits per heavy atom. The summed E-state index contributed by atoms with van der Waals surface area (Å²) in [7, 11) is 0. The zero-order chi connectivity index (χ0) is 14.2. The highest BCUT2D eigenvalue weighted by atomic mass is 35.5. The van der Waals surface area contributed by atoms with Crippen LogP contribution in [-0.2, 0) is 4.74 Å². The van der Waals surface area contributed by atoms with Crippen LogP contribution in [0.5, 0.6) is 0 Å². The molecule has 0 bridgehead atoms. The van der Waals surface area contributed by atoms with Crippen molar-refractivity contribution in [3.8, 4) is 0 Å². The molecule has 2 N–H and O–H groups in total. The van der Waals surface area contributed by atoms with Gasteiger partial charge in [-0.25, -0.2) is 0 Å². The molecule has 1 aromatic carbocycles. The number of ether oxygens (including phenoxy) is 1. The minimum atomic E-state index is 0.0695. The van der Waals surface area contributed by atoms with Crippen LogP contribution in [0.4, 0.5) is 0 Å². The molecule has 4 heteroatoms. The Labute approximate surface area is 130 Å². The van der Waals surface area contributed by atoms with Crippen LogP contribution < -0.4 is 5.73 Å². The molecule has 0 amide bonds. The van der Waals surface area contributed by atoms with E-state index in [1.165, 1.54) is 17.7 Å². The topological polar surface area (TPSA) is 35.2 Å². The van der Waals surface area contributed by atoms with Crippen molar-refractivity contribution in [3.05, 3.63) is 34.3 Å². The van der Waals surface area contributed by atoms with Gasteiger partial charge in [-0.05, 0) is 55.1 Å². The number of thioether (sulfide) groups is 1. The van der Waals surface area contributed by atoms with Crippen LogP contribution in [0.2, 0.25) is 5.02 Å². The number of benzene rings is 1. The summed E-state index contributed by atoms with van der Waals surface area (Å²) in [6.07, 6.45) is 3.32. The van der Waals surface area contributed by atoms with Crippen molar-refractivity contribution in [2.75, 3.05) is 18.1 Å². The molecule has 2 fully saturated rings. The minimum absolute atomic E-state index is 0.0695. The number of hydrogen-bond donors (Lipinski definition) is 1. The largest absolute Gasteiger partial charge is 0.374 e. The van der Waals surface area contributed by atoms with E-state index in [2.05, 4.69) is 13.0 Å². The summed E-state index contributed by atoms with van der Waals surface area (Å²) >= 11 is 8.24. The number of hydrogen-bond acceptors (Lipinski definition) is 3. The SMILES string of the molecule is Cc1c(Cl)cccc1C(N)C1CCOC2(CCSC2)C1. The number of rotatable bonds is 2. The average Bonchev–Trinajstić information content (AvgIpc) is 2.89. The van der Waals surface area contributed by atoms with Gasteiger partial charge >= 0.3 is 0 Å². The molecular weight excluding hydrogens is 290 g/mol. The lowest BCUT2D eigenvalue weighted by molar-refractivity contribution is -0.0834. The Bertz CT molecular complexity index is 487. The van der Waals surface area contributed by atoms with Crippen LogP contribution in [0.25, 0.3) is 0 Å². The van der Waals surface area contributed by atoms with E-state index in [9.17, 15) is 0 Å². The van der Waals surface area contributed by atoms with Gasteiger partial charge in [-0.2, -0.15) is 11.8 Å². The number of nitrogens with two attached hydrogens (primary N) is 1. The normalized spacial score (nSPS) is 31.6. The fraction of sp³-hybridized carbons (Fsp3) is 0.625. The summed E-state index contributed by atoms with van der Waals surface area (Å²) in [5.74, 6) is 2.85. The predicted molar refractivity (Wildman–Crippen MR) is 86.5 cm³/mol. The fourth-order valence-electron chi connectivity index (χ4n) is 3.47. The van der Waals surface area contributed by atoms with Gasteiger partial charge in [0.2, 0.25) is 0 Å². The van der Waals surface area contributed by atoms with Gasteiger partial charge in [0.05, 0.1) is 5.60 Å². The van der Waals surface area contributed by atoms with Gasteiger partial charge in [-0.1, -0.05) is 23.7 Å². The summed E-state index contributed by atoms with van der Waals surface area (Å²) in [5, 5.41) is 0.816. The van der Waals surface area contributed by atoms with E-state index in [0.717, 1.165) is 35.8 Å². The second-order valence-corrected chi connectivity index (χ2v) is 7.58. The maximum Gasteiger partial charge on any atom is 0.0783 e. The molecule has 1 aromatic rings. The lowest BCUT2D eigenvalue weighted by atomic mass is 9.78. The molecule has 3 unspecified atom stereocenters. The zero-order valence-electron chi connectivity index (χ0n) is 11.9. The highest BCUT2D eigenvalue weighted by Crippen LogP contribution is 2.44. The first kappa shape index (κ1) is 14.7. The molecule has 2 saturated heterocycles. The molecule has 110 valence electrons. The van der Waals surface area contributed by atoms with Crippen molar-refractivity contribution in [2.24, 2.45) is 11.7 Å². The quantitative estimate of drug-likeness (QED) is 0.898. The molecular formula is C16H22ClNOS. The van der Waals surface area contributed by atoms with E-state index in [0.29, 0.717) is 5.92 Å². The van der Waals surface area contributed by atoms with Crippen molar-refractivity contribution in [2.45, 2.75) is 37.8 Å². The summed E-state index contributed by atoms with van der Waals surface area (Å²) in [4.78, 5) is 0. The predicted octanol–water partition coefficient (Wildman–Crippen LogP) is 3.95. The van der Waals surface area contributed by atoms with Gasteiger partial charge in [0, 0.05) is 23.4 Å². The molecule has 0 aromatic heterocycles. The average molecular weight is 312 g/mol. The standard InChI is InChI=1S/C16H22ClNOS/c1-11-13(3-2-4-14(11)17)15(18)12-5-7-19-16(9-12)6-8-20-10-16/h2-4,12,15H,5-10,18H2,1H3. The molecule has 3 atom stereocenters.